The lowest BCUT2D eigenvalue weighted by Crippen LogP contribution is -2.29. The molecule has 0 saturated carbocycles. The molecule has 0 spiro atoms. The largest absolute Gasteiger partial charge is 0.267 e. The zero-order chi connectivity index (χ0) is 16.7. The number of anilines is 1. The zero-order valence-corrected chi connectivity index (χ0v) is 14.0. The maximum Gasteiger partial charge on any atom is 0.267 e. The molecule has 0 fully saturated rings. The summed E-state index contributed by atoms with van der Waals surface area (Å²) in [5, 5.41) is 4.21. The van der Waals surface area contributed by atoms with Crippen molar-refractivity contribution in [3.05, 3.63) is 72.6 Å². The second-order valence-electron chi connectivity index (χ2n) is 5.95. The van der Waals surface area contributed by atoms with Crippen molar-refractivity contribution in [3.63, 3.8) is 0 Å². The molecule has 1 atom stereocenters. The Hall–Kier alpha value is -2.60. The first-order chi connectivity index (χ1) is 11.6. The summed E-state index contributed by atoms with van der Waals surface area (Å²) in [6, 6.07) is 17.1. The van der Waals surface area contributed by atoms with Gasteiger partial charge in [0.15, 0.2) is 0 Å². The van der Waals surface area contributed by atoms with Gasteiger partial charge in [0.1, 0.15) is 4.90 Å². The highest BCUT2D eigenvalue weighted by atomic mass is 32.2. The molecule has 24 heavy (non-hydrogen) atoms. The highest BCUT2D eigenvalue weighted by molar-refractivity contribution is 7.92. The lowest BCUT2D eigenvalue weighted by atomic mass is 10.0. The van der Waals surface area contributed by atoms with E-state index in [2.05, 4.69) is 5.10 Å². The molecule has 0 saturated heterocycles. The van der Waals surface area contributed by atoms with Crippen molar-refractivity contribution in [1.29, 1.82) is 0 Å². The number of para-hydroxylation sites is 2. The van der Waals surface area contributed by atoms with Gasteiger partial charge < -0.3 is 0 Å². The number of nitrogens with zero attached hydrogens (tertiary/aromatic N) is 3. The zero-order valence-electron chi connectivity index (χ0n) is 13.2. The summed E-state index contributed by atoms with van der Waals surface area (Å²) in [4.78, 5) is 0.204. The quantitative estimate of drug-likeness (QED) is 0.736. The van der Waals surface area contributed by atoms with E-state index in [9.17, 15) is 8.42 Å². The fourth-order valence-electron chi connectivity index (χ4n) is 3.09. The first-order valence-corrected chi connectivity index (χ1v) is 9.23. The molecular weight excluding hydrogens is 322 g/mol. The Bertz CT molecular complexity index is 980. The predicted molar refractivity (Wildman–Crippen MR) is 93.0 cm³/mol. The van der Waals surface area contributed by atoms with Gasteiger partial charge in [0, 0.05) is 12.5 Å². The van der Waals surface area contributed by atoms with Crippen LogP contribution in [0.1, 0.15) is 18.4 Å². The normalized spacial score (nSPS) is 17.0. The molecule has 1 aromatic heterocycles. The Balaban J connectivity index is 1.74. The van der Waals surface area contributed by atoms with E-state index in [0.717, 1.165) is 16.9 Å². The van der Waals surface area contributed by atoms with Gasteiger partial charge in [0.2, 0.25) is 0 Å². The van der Waals surface area contributed by atoms with Gasteiger partial charge >= 0.3 is 0 Å². The molecular formula is C18H17N3O2S. The molecule has 2 aromatic carbocycles. The van der Waals surface area contributed by atoms with Crippen LogP contribution in [0.5, 0.6) is 0 Å². The average Bonchev–Trinajstić information content (AvgIpc) is 3.22. The van der Waals surface area contributed by atoms with Gasteiger partial charge in [-0.3, -0.25) is 4.31 Å². The van der Waals surface area contributed by atoms with E-state index < -0.39 is 10.0 Å². The lowest BCUT2D eigenvalue weighted by Gasteiger charge is -2.18. The molecule has 122 valence electrons. The molecule has 0 bridgehead atoms. The van der Waals surface area contributed by atoms with E-state index in [1.807, 2.05) is 61.5 Å². The van der Waals surface area contributed by atoms with E-state index in [1.54, 1.807) is 10.9 Å². The Morgan fingerprint density at radius 2 is 1.75 bits per heavy atom. The van der Waals surface area contributed by atoms with E-state index >= 15 is 0 Å². The topological polar surface area (TPSA) is 55.2 Å². The van der Waals surface area contributed by atoms with Crippen LogP contribution in [0.25, 0.3) is 5.69 Å². The smallest absolute Gasteiger partial charge is 0.265 e. The van der Waals surface area contributed by atoms with Crippen molar-refractivity contribution in [2.75, 3.05) is 10.8 Å². The van der Waals surface area contributed by atoms with Gasteiger partial charge in [-0.2, -0.15) is 5.10 Å². The number of benzene rings is 2. The summed E-state index contributed by atoms with van der Waals surface area (Å²) >= 11 is 0. The molecule has 6 heteroatoms. The number of fused-ring (bicyclic) bond motifs is 1. The Labute approximate surface area is 141 Å². The fourth-order valence-corrected chi connectivity index (χ4v) is 4.61. The Kier molecular flexibility index (Phi) is 3.42. The molecule has 0 N–H and O–H groups in total. The molecule has 0 unspecified atom stereocenters. The van der Waals surface area contributed by atoms with Gasteiger partial charge in [-0.25, -0.2) is 13.1 Å². The standard InChI is InChI=1S/C18H17N3O2S/c1-14-12-21(18-10-6-5-9-17(14)18)24(22,23)16-11-19-20(13-16)15-7-3-2-4-8-15/h2-11,13-14H,12H2,1H3/t14-/m0/s1. The van der Waals surface area contributed by atoms with Crippen molar-refractivity contribution in [3.8, 4) is 5.69 Å². The summed E-state index contributed by atoms with van der Waals surface area (Å²) in [6.07, 6.45) is 2.98. The summed E-state index contributed by atoms with van der Waals surface area (Å²) in [5.41, 5.74) is 2.66. The lowest BCUT2D eigenvalue weighted by molar-refractivity contribution is 0.590. The summed E-state index contributed by atoms with van der Waals surface area (Å²) < 4.78 is 29.2. The van der Waals surface area contributed by atoms with Gasteiger partial charge in [-0.1, -0.05) is 43.3 Å². The van der Waals surface area contributed by atoms with Crippen LogP contribution in [0.3, 0.4) is 0 Å². The van der Waals surface area contributed by atoms with Crippen molar-refractivity contribution in [2.24, 2.45) is 0 Å². The van der Waals surface area contributed by atoms with Crippen LogP contribution in [0.4, 0.5) is 5.69 Å². The number of hydrogen-bond acceptors (Lipinski definition) is 3. The van der Waals surface area contributed by atoms with Crippen molar-refractivity contribution in [2.45, 2.75) is 17.7 Å². The van der Waals surface area contributed by atoms with E-state index in [4.69, 9.17) is 0 Å². The van der Waals surface area contributed by atoms with E-state index in [0.29, 0.717) is 6.54 Å². The van der Waals surface area contributed by atoms with Gasteiger partial charge in [0.05, 0.1) is 23.8 Å². The van der Waals surface area contributed by atoms with Gasteiger partial charge in [0.25, 0.3) is 10.0 Å². The minimum atomic E-state index is -3.62. The molecule has 1 aliphatic heterocycles. The summed E-state index contributed by atoms with van der Waals surface area (Å²) in [6.45, 7) is 2.50. The number of sulfonamides is 1. The van der Waals surface area contributed by atoms with Gasteiger partial charge in [-0.15, -0.1) is 0 Å². The van der Waals surface area contributed by atoms with Crippen molar-refractivity contribution >= 4 is 15.7 Å². The third kappa shape index (κ3) is 2.30. The minimum Gasteiger partial charge on any atom is -0.265 e. The molecule has 0 amide bonds. The number of aromatic nitrogens is 2. The van der Waals surface area contributed by atoms with Crippen molar-refractivity contribution < 1.29 is 8.42 Å². The van der Waals surface area contributed by atoms with Crippen LogP contribution in [0.2, 0.25) is 0 Å². The second kappa shape index (κ2) is 5.49. The monoisotopic (exact) mass is 339 g/mol. The fraction of sp³-hybridized carbons (Fsp3) is 0.167. The molecule has 4 rings (SSSR count). The minimum absolute atomic E-state index is 0.181. The van der Waals surface area contributed by atoms with Crippen LogP contribution in [0.15, 0.2) is 71.9 Å². The first-order valence-electron chi connectivity index (χ1n) is 7.79. The number of hydrogen-bond donors (Lipinski definition) is 0. The average molecular weight is 339 g/mol. The molecule has 5 nitrogen and oxygen atoms in total. The maximum absolute atomic E-state index is 13.1. The highest BCUT2D eigenvalue weighted by Crippen LogP contribution is 2.39. The SMILES string of the molecule is C[C@H]1CN(S(=O)(=O)c2cnn(-c3ccccc3)c2)c2ccccc21. The number of rotatable bonds is 3. The summed E-state index contributed by atoms with van der Waals surface area (Å²) in [5.74, 6) is 0.181. The first kappa shape index (κ1) is 15.0. The maximum atomic E-state index is 13.1. The molecule has 0 aliphatic carbocycles. The predicted octanol–water partition coefficient (Wildman–Crippen LogP) is 3.18. The van der Waals surface area contributed by atoms with Crippen LogP contribution in [-0.2, 0) is 10.0 Å². The molecule has 1 aliphatic rings. The second-order valence-corrected chi connectivity index (χ2v) is 7.81. The molecule has 0 radical (unpaired) electrons. The van der Waals surface area contributed by atoms with E-state index in [1.165, 1.54) is 10.5 Å². The third-order valence-electron chi connectivity index (χ3n) is 4.34. The Morgan fingerprint density at radius 1 is 1.04 bits per heavy atom. The molecule has 2 heterocycles. The summed E-state index contributed by atoms with van der Waals surface area (Å²) in [7, 11) is -3.62. The Morgan fingerprint density at radius 3 is 2.54 bits per heavy atom. The third-order valence-corrected chi connectivity index (χ3v) is 6.08. The van der Waals surface area contributed by atoms with Gasteiger partial charge in [-0.05, 0) is 23.8 Å². The van der Waals surface area contributed by atoms with E-state index in [-0.39, 0.29) is 10.8 Å². The van der Waals surface area contributed by atoms with Crippen LogP contribution < -0.4 is 4.31 Å². The highest BCUT2D eigenvalue weighted by Gasteiger charge is 2.35. The molecule has 3 aromatic rings. The van der Waals surface area contributed by atoms with Crippen molar-refractivity contribution in [1.82, 2.24) is 9.78 Å². The van der Waals surface area contributed by atoms with Crippen LogP contribution in [-0.4, -0.2) is 24.7 Å². The van der Waals surface area contributed by atoms with Crippen LogP contribution in [0, 0.1) is 0 Å². The van der Waals surface area contributed by atoms with Crippen LogP contribution >= 0.6 is 0 Å².